The van der Waals surface area contributed by atoms with Crippen molar-refractivity contribution in [1.29, 1.82) is 0 Å². The summed E-state index contributed by atoms with van der Waals surface area (Å²) in [5.74, 6) is -0.161. The van der Waals surface area contributed by atoms with Crippen LogP contribution in [0.1, 0.15) is 24.2 Å². The summed E-state index contributed by atoms with van der Waals surface area (Å²) in [4.78, 5) is 14.2. The zero-order valence-electron chi connectivity index (χ0n) is 11.8. The largest absolute Gasteiger partial charge is 0.507 e. The van der Waals surface area contributed by atoms with Gasteiger partial charge in [0.1, 0.15) is 5.75 Å². The third-order valence-corrected chi connectivity index (χ3v) is 3.30. The van der Waals surface area contributed by atoms with Crippen molar-refractivity contribution in [2.24, 2.45) is 0 Å². The number of phenolic OH excluding ortho intramolecular Hbond substituents is 1. The van der Waals surface area contributed by atoms with Crippen LogP contribution in [0, 0.1) is 0 Å². The number of hydrogen-bond acceptors (Lipinski definition) is 2. The summed E-state index contributed by atoms with van der Waals surface area (Å²) in [5, 5.41) is 12.0. The lowest BCUT2D eigenvalue weighted by Crippen LogP contribution is -2.37. The van der Waals surface area contributed by atoms with E-state index in [0.717, 1.165) is 10.8 Å². The topological polar surface area (TPSA) is 40.5 Å². The minimum Gasteiger partial charge on any atom is -0.507 e. The van der Waals surface area contributed by atoms with Crippen molar-refractivity contribution >= 4 is 16.7 Å². The number of fused-ring (bicyclic) bond motifs is 1. The Bertz CT molecular complexity index is 646. The summed E-state index contributed by atoms with van der Waals surface area (Å²) in [6.45, 7) is 8.02. The second kappa shape index (κ2) is 5.78. The number of rotatable bonds is 4. The highest BCUT2D eigenvalue weighted by atomic mass is 16.3. The molecular weight excluding hydrogens is 250 g/mol. The maximum Gasteiger partial charge on any atom is 0.258 e. The number of carbonyl (C=O) groups excluding carboxylic acids is 1. The average molecular weight is 269 g/mol. The maximum atomic E-state index is 12.6. The highest BCUT2D eigenvalue weighted by molar-refractivity contribution is 6.01. The van der Waals surface area contributed by atoms with Gasteiger partial charge in [0.2, 0.25) is 0 Å². The van der Waals surface area contributed by atoms with E-state index >= 15 is 0 Å². The molecule has 0 saturated heterocycles. The first-order chi connectivity index (χ1) is 9.54. The lowest BCUT2D eigenvalue weighted by atomic mass is 10.0. The molecule has 3 nitrogen and oxygen atoms in total. The minimum atomic E-state index is -0.178. The highest BCUT2D eigenvalue weighted by Gasteiger charge is 2.20. The molecule has 0 radical (unpaired) electrons. The Labute approximate surface area is 119 Å². The normalized spacial score (nSPS) is 10.8. The molecule has 0 atom stereocenters. The molecular formula is C17H19NO2. The standard InChI is InChI=1S/C17H19NO2/c1-4-9-18(12(2)3)17(20)15-10-13-7-5-6-8-14(13)11-16(15)19/h4-8,10-12,19H,1,9H2,2-3H3. The number of nitrogens with zero attached hydrogens (tertiary/aromatic N) is 1. The quantitative estimate of drug-likeness (QED) is 0.862. The lowest BCUT2D eigenvalue weighted by molar-refractivity contribution is 0.0726. The summed E-state index contributed by atoms with van der Waals surface area (Å²) in [7, 11) is 0. The van der Waals surface area contributed by atoms with Gasteiger partial charge in [-0.25, -0.2) is 0 Å². The van der Waals surface area contributed by atoms with Crippen molar-refractivity contribution in [3.05, 3.63) is 54.6 Å². The van der Waals surface area contributed by atoms with Gasteiger partial charge in [0.25, 0.3) is 5.91 Å². The molecule has 0 unspecified atom stereocenters. The van der Waals surface area contributed by atoms with E-state index in [0.29, 0.717) is 12.1 Å². The van der Waals surface area contributed by atoms with E-state index < -0.39 is 0 Å². The molecule has 2 aromatic rings. The maximum absolute atomic E-state index is 12.6. The molecule has 2 aromatic carbocycles. The number of carbonyl (C=O) groups is 1. The fourth-order valence-electron chi connectivity index (χ4n) is 2.22. The van der Waals surface area contributed by atoms with Gasteiger partial charge in [0.15, 0.2) is 0 Å². The summed E-state index contributed by atoms with van der Waals surface area (Å²) in [5.41, 5.74) is 0.333. The molecule has 3 heteroatoms. The van der Waals surface area contributed by atoms with Crippen molar-refractivity contribution < 1.29 is 9.90 Å². The molecule has 0 aromatic heterocycles. The highest BCUT2D eigenvalue weighted by Crippen LogP contribution is 2.26. The van der Waals surface area contributed by atoms with E-state index in [2.05, 4.69) is 6.58 Å². The van der Waals surface area contributed by atoms with Crippen LogP contribution in [0.15, 0.2) is 49.1 Å². The van der Waals surface area contributed by atoms with Crippen LogP contribution in [0.5, 0.6) is 5.75 Å². The molecule has 0 aliphatic carbocycles. The minimum absolute atomic E-state index is 0.0170. The molecule has 20 heavy (non-hydrogen) atoms. The van der Waals surface area contributed by atoms with Gasteiger partial charge in [-0.3, -0.25) is 4.79 Å². The number of amides is 1. The molecule has 0 spiro atoms. The summed E-state index contributed by atoms with van der Waals surface area (Å²) >= 11 is 0. The number of aromatic hydroxyl groups is 1. The SMILES string of the molecule is C=CCN(C(=O)c1cc2ccccc2cc1O)C(C)C. The lowest BCUT2D eigenvalue weighted by Gasteiger charge is -2.25. The summed E-state index contributed by atoms with van der Waals surface area (Å²) in [6.07, 6.45) is 1.69. The van der Waals surface area contributed by atoms with Gasteiger partial charge in [-0.1, -0.05) is 30.3 Å². The van der Waals surface area contributed by atoms with Crippen LogP contribution in [0.25, 0.3) is 10.8 Å². The molecule has 0 bridgehead atoms. The summed E-state index contributed by atoms with van der Waals surface area (Å²) < 4.78 is 0. The smallest absolute Gasteiger partial charge is 0.258 e. The molecule has 1 amide bonds. The first-order valence-corrected chi connectivity index (χ1v) is 6.68. The van der Waals surface area contributed by atoms with Crippen LogP contribution in [-0.4, -0.2) is 28.5 Å². The molecule has 104 valence electrons. The van der Waals surface area contributed by atoms with Crippen LogP contribution in [0.3, 0.4) is 0 Å². The first-order valence-electron chi connectivity index (χ1n) is 6.68. The molecule has 1 N–H and O–H groups in total. The Hall–Kier alpha value is -2.29. The second-order valence-corrected chi connectivity index (χ2v) is 5.06. The van der Waals surface area contributed by atoms with Crippen LogP contribution >= 0.6 is 0 Å². The van der Waals surface area contributed by atoms with E-state index in [4.69, 9.17) is 0 Å². The van der Waals surface area contributed by atoms with Crippen LogP contribution < -0.4 is 0 Å². The van der Waals surface area contributed by atoms with Crippen molar-refractivity contribution in [2.75, 3.05) is 6.54 Å². The Morgan fingerprint density at radius 1 is 1.30 bits per heavy atom. The van der Waals surface area contributed by atoms with Crippen molar-refractivity contribution in [3.63, 3.8) is 0 Å². The Morgan fingerprint density at radius 3 is 2.45 bits per heavy atom. The van der Waals surface area contributed by atoms with E-state index in [9.17, 15) is 9.90 Å². The number of phenols is 1. The van der Waals surface area contributed by atoms with Gasteiger partial charge < -0.3 is 10.0 Å². The van der Waals surface area contributed by atoms with Gasteiger partial charge in [-0.15, -0.1) is 6.58 Å². The van der Waals surface area contributed by atoms with Crippen LogP contribution in [0.2, 0.25) is 0 Å². The molecule has 0 aliphatic rings. The summed E-state index contributed by atoms with van der Waals surface area (Å²) in [6, 6.07) is 11.1. The number of benzene rings is 2. The average Bonchev–Trinajstić information content (AvgIpc) is 2.43. The van der Waals surface area contributed by atoms with Crippen molar-refractivity contribution in [2.45, 2.75) is 19.9 Å². The van der Waals surface area contributed by atoms with Gasteiger partial charge in [-0.05, 0) is 36.8 Å². The predicted octanol–water partition coefficient (Wildman–Crippen LogP) is 3.58. The predicted molar refractivity (Wildman–Crippen MR) is 82.0 cm³/mol. The van der Waals surface area contributed by atoms with Crippen molar-refractivity contribution in [1.82, 2.24) is 4.90 Å². The number of hydrogen-bond donors (Lipinski definition) is 1. The van der Waals surface area contributed by atoms with E-state index in [-0.39, 0.29) is 17.7 Å². The first kappa shape index (κ1) is 14.1. The van der Waals surface area contributed by atoms with Crippen LogP contribution in [-0.2, 0) is 0 Å². The van der Waals surface area contributed by atoms with Gasteiger partial charge in [0, 0.05) is 12.6 Å². The molecule has 0 fully saturated rings. The Balaban J connectivity index is 2.47. The zero-order valence-corrected chi connectivity index (χ0v) is 11.8. The molecule has 2 rings (SSSR count). The van der Waals surface area contributed by atoms with Crippen LogP contribution in [0.4, 0.5) is 0 Å². The van der Waals surface area contributed by atoms with E-state index in [1.807, 2.05) is 38.1 Å². The fraction of sp³-hybridized carbons (Fsp3) is 0.235. The van der Waals surface area contributed by atoms with Gasteiger partial charge in [0.05, 0.1) is 5.56 Å². The molecule has 0 heterocycles. The second-order valence-electron chi connectivity index (χ2n) is 5.06. The van der Waals surface area contributed by atoms with Gasteiger partial charge >= 0.3 is 0 Å². The Morgan fingerprint density at radius 2 is 1.90 bits per heavy atom. The third kappa shape index (κ3) is 2.67. The zero-order chi connectivity index (χ0) is 14.7. The third-order valence-electron chi connectivity index (χ3n) is 3.30. The van der Waals surface area contributed by atoms with Gasteiger partial charge in [-0.2, -0.15) is 0 Å². The van der Waals surface area contributed by atoms with E-state index in [1.54, 1.807) is 23.1 Å². The Kier molecular flexibility index (Phi) is 4.08. The molecule has 0 aliphatic heterocycles. The monoisotopic (exact) mass is 269 g/mol. The molecule has 0 saturated carbocycles. The van der Waals surface area contributed by atoms with E-state index in [1.165, 1.54) is 0 Å². The van der Waals surface area contributed by atoms with Crippen molar-refractivity contribution in [3.8, 4) is 5.75 Å². The fourth-order valence-corrected chi connectivity index (χ4v) is 2.22.